The first kappa shape index (κ1) is 19.1. The average molecular weight is 376 g/mol. The fraction of sp³-hybridized carbons (Fsp3) is 0.550. The highest BCUT2D eigenvalue weighted by atomic mass is 32.2. The van der Waals surface area contributed by atoms with Crippen LogP contribution in [0.2, 0.25) is 0 Å². The predicted molar refractivity (Wildman–Crippen MR) is 99.1 cm³/mol. The monoisotopic (exact) mass is 376 g/mol. The van der Waals surface area contributed by atoms with Crippen molar-refractivity contribution in [2.75, 3.05) is 0 Å². The van der Waals surface area contributed by atoms with E-state index >= 15 is 0 Å². The van der Waals surface area contributed by atoms with E-state index < -0.39 is 17.2 Å². The summed E-state index contributed by atoms with van der Waals surface area (Å²) in [5.41, 5.74) is 0. The lowest BCUT2D eigenvalue weighted by Crippen LogP contribution is -2.42. The number of hydrogen-bond donors (Lipinski definition) is 1. The number of fused-ring (bicyclic) bond motifs is 2. The number of carboxylic acid groups (broad SMARTS) is 1. The lowest BCUT2D eigenvalue weighted by atomic mass is 9.83. The Hall–Kier alpha value is -1.66. The predicted octanol–water partition coefficient (Wildman–Crippen LogP) is 2.51. The first-order valence-corrected chi connectivity index (χ1v) is 10.5. The second-order valence-electron chi connectivity index (χ2n) is 7.24. The molecule has 1 aromatic rings. The highest BCUT2D eigenvalue weighted by molar-refractivity contribution is 7.78. The fourth-order valence-corrected chi connectivity index (χ4v) is 5.29. The maximum atomic E-state index is 12.4. The van der Waals surface area contributed by atoms with Crippen molar-refractivity contribution in [2.24, 2.45) is 17.8 Å². The van der Waals surface area contributed by atoms with Gasteiger partial charge in [0.25, 0.3) is 11.3 Å². The number of rotatable bonds is 10. The van der Waals surface area contributed by atoms with Crippen molar-refractivity contribution in [2.45, 2.75) is 51.0 Å². The van der Waals surface area contributed by atoms with Gasteiger partial charge in [0.2, 0.25) is 0 Å². The molecule has 0 aromatic heterocycles. The molecule has 2 fully saturated rings. The number of unbranched alkanes of at least 4 members (excludes halogenated alkanes) is 1. The van der Waals surface area contributed by atoms with Gasteiger partial charge in [-0.25, -0.2) is 4.72 Å². The smallest absolute Gasteiger partial charge is 0.288 e. The van der Waals surface area contributed by atoms with E-state index in [0.29, 0.717) is 29.9 Å². The van der Waals surface area contributed by atoms with Crippen LogP contribution >= 0.6 is 0 Å². The van der Waals surface area contributed by atoms with E-state index in [2.05, 4.69) is 16.9 Å². The zero-order valence-electron chi connectivity index (χ0n) is 14.8. The van der Waals surface area contributed by atoms with Crippen molar-refractivity contribution in [3.8, 4) is 5.75 Å². The van der Waals surface area contributed by atoms with Gasteiger partial charge >= 0.3 is 0 Å². The number of aliphatic carboxylic acids is 1. The number of carbonyl (C=O) groups excluding carboxylic acids is 1. The molecule has 2 aliphatic rings. The molecule has 26 heavy (non-hydrogen) atoms. The van der Waals surface area contributed by atoms with E-state index in [-0.39, 0.29) is 12.5 Å². The quantitative estimate of drug-likeness (QED) is 0.503. The van der Waals surface area contributed by atoms with Gasteiger partial charge in [0.15, 0.2) is 0 Å². The number of nitrogens with one attached hydrogen (secondary N) is 1. The number of allylic oxidation sites excluding steroid dienone is 2. The molecule has 6 heteroatoms. The summed E-state index contributed by atoms with van der Waals surface area (Å²) >= 11 is -1.55. The summed E-state index contributed by atoms with van der Waals surface area (Å²) in [6.45, 7) is 0. The molecular formula is C20H26NO4S-. The van der Waals surface area contributed by atoms with E-state index in [1.54, 1.807) is 12.1 Å². The van der Waals surface area contributed by atoms with E-state index in [9.17, 15) is 14.1 Å². The van der Waals surface area contributed by atoms with Crippen LogP contribution in [-0.2, 0) is 16.1 Å². The molecule has 0 amide bonds. The summed E-state index contributed by atoms with van der Waals surface area (Å²) in [5.74, 6) is 1.33. The zero-order valence-corrected chi connectivity index (χ0v) is 15.7. The number of benzene rings is 1. The summed E-state index contributed by atoms with van der Waals surface area (Å²) < 4.78 is 21.1. The van der Waals surface area contributed by atoms with E-state index in [0.717, 1.165) is 12.8 Å². The Morgan fingerprint density at radius 2 is 2.00 bits per heavy atom. The minimum absolute atomic E-state index is 0.110. The number of para-hydroxylation sites is 1. The summed E-state index contributed by atoms with van der Waals surface area (Å²) in [7, 11) is 0. The molecule has 3 rings (SSSR count). The summed E-state index contributed by atoms with van der Waals surface area (Å²) in [6, 6.07) is 9.43. The Balaban J connectivity index is 1.49. The highest BCUT2D eigenvalue weighted by Crippen LogP contribution is 2.50. The van der Waals surface area contributed by atoms with Crippen LogP contribution in [-0.4, -0.2) is 16.2 Å². The standard InChI is InChI=1S/C20H27NO4S/c22-19(23)11-7-2-1-6-10-18-15-12-13-16(14-15)20(18)21-26(24)25-17-8-4-3-5-9-17/h1,3-6,8-9,15-16,18,20-21H,2,7,10-14H2,(H,22,23)/p-1/b6-1+. The van der Waals surface area contributed by atoms with Crippen molar-refractivity contribution in [3.05, 3.63) is 42.5 Å². The molecule has 5 unspecified atom stereocenters. The molecular weight excluding hydrogens is 350 g/mol. The van der Waals surface area contributed by atoms with Gasteiger partial charge in [0.1, 0.15) is 5.75 Å². The number of carbonyl (C=O) groups is 1. The van der Waals surface area contributed by atoms with E-state index in [1.165, 1.54) is 19.3 Å². The second kappa shape index (κ2) is 9.33. The molecule has 1 aromatic carbocycles. The maximum Gasteiger partial charge on any atom is 0.288 e. The van der Waals surface area contributed by atoms with Gasteiger partial charge in [0, 0.05) is 12.0 Å². The van der Waals surface area contributed by atoms with Crippen molar-refractivity contribution in [3.63, 3.8) is 0 Å². The summed E-state index contributed by atoms with van der Waals surface area (Å²) in [5, 5.41) is 10.4. The van der Waals surface area contributed by atoms with Gasteiger partial charge in [-0.15, -0.1) is 0 Å². The SMILES string of the molecule is O=C([O-])CCC/C=C/CC1C2CCC(C2)C1NS(=O)Oc1ccccc1. The van der Waals surface area contributed by atoms with Crippen molar-refractivity contribution in [1.82, 2.24) is 4.72 Å². The van der Waals surface area contributed by atoms with Gasteiger partial charge in [-0.3, -0.25) is 0 Å². The Bertz CT molecular complexity index is 648. The molecule has 0 saturated heterocycles. The molecule has 5 atom stereocenters. The Morgan fingerprint density at radius 1 is 1.23 bits per heavy atom. The van der Waals surface area contributed by atoms with Crippen molar-refractivity contribution >= 4 is 17.2 Å². The minimum atomic E-state index is -1.55. The lowest BCUT2D eigenvalue weighted by Gasteiger charge is -2.30. The second-order valence-corrected chi connectivity index (χ2v) is 8.11. The molecule has 5 nitrogen and oxygen atoms in total. The largest absolute Gasteiger partial charge is 0.550 e. The molecule has 0 radical (unpaired) electrons. The molecule has 2 aliphatic carbocycles. The highest BCUT2D eigenvalue weighted by Gasteiger charge is 2.47. The van der Waals surface area contributed by atoms with Gasteiger partial charge in [-0.2, -0.15) is 4.21 Å². The topological polar surface area (TPSA) is 78.5 Å². The van der Waals surface area contributed by atoms with Crippen LogP contribution in [0.15, 0.2) is 42.5 Å². The van der Waals surface area contributed by atoms with Crippen LogP contribution in [0.4, 0.5) is 0 Å². The third kappa shape index (κ3) is 5.17. The zero-order chi connectivity index (χ0) is 18.4. The molecule has 0 aliphatic heterocycles. The van der Waals surface area contributed by atoms with Crippen LogP contribution in [0.3, 0.4) is 0 Å². The van der Waals surface area contributed by atoms with Crippen LogP contribution in [0.1, 0.15) is 44.9 Å². The Kier molecular flexibility index (Phi) is 6.86. The Labute approximate surface area is 157 Å². The molecule has 2 bridgehead atoms. The van der Waals surface area contributed by atoms with Gasteiger partial charge < -0.3 is 14.1 Å². The average Bonchev–Trinajstić information content (AvgIpc) is 3.21. The normalized spacial score (nSPS) is 28.5. The van der Waals surface area contributed by atoms with Crippen molar-refractivity contribution in [1.29, 1.82) is 0 Å². The number of carboxylic acids is 1. The first-order chi connectivity index (χ1) is 12.6. The first-order valence-electron chi connectivity index (χ1n) is 9.39. The third-order valence-corrected chi connectivity index (χ3v) is 6.37. The molecule has 0 spiro atoms. The third-order valence-electron chi connectivity index (χ3n) is 5.56. The van der Waals surface area contributed by atoms with Crippen molar-refractivity contribution < 1.29 is 18.3 Å². The number of hydrogen-bond acceptors (Lipinski definition) is 4. The van der Waals surface area contributed by atoms with E-state index in [4.69, 9.17) is 4.18 Å². The van der Waals surface area contributed by atoms with Crippen LogP contribution in [0, 0.1) is 17.8 Å². The molecule has 0 heterocycles. The van der Waals surface area contributed by atoms with Gasteiger partial charge in [-0.1, -0.05) is 30.4 Å². The maximum absolute atomic E-state index is 12.4. The molecule has 142 valence electrons. The summed E-state index contributed by atoms with van der Waals surface area (Å²) in [4.78, 5) is 10.4. The van der Waals surface area contributed by atoms with Crippen LogP contribution in [0.25, 0.3) is 0 Å². The summed E-state index contributed by atoms with van der Waals surface area (Å²) in [6.07, 6.45) is 10.3. The van der Waals surface area contributed by atoms with E-state index in [1.807, 2.05) is 18.2 Å². The molecule has 1 N–H and O–H groups in total. The minimum Gasteiger partial charge on any atom is -0.550 e. The lowest BCUT2D eigenvalue weighted by molar-refractivity contribution is -0.305. The Morgan fingerprint density at radius 3 is 2.77 bits per heavy atom. The van der Waals surface area contributed by atoms with Gasteiger partial charge in [0.05, 0.1) is 0 Å². The van der Waals surface area contributed by atoms with Gasteiger partial charge in [-0.05, 0) is 74.8 Å². The van der Waals surface area contributed by atoms with Crippen LogP contribution < -0.4 is 14.0 Å². The molecule has 2 saturated carbocycles. The fourth-order valence-electron chi connectivity index (χ4n) is 4.37. The van der Waals surface area contributed by atoms with Crippen LogP contribution in [0.5, 0.6) is 5.75 Å².